The number of alkyl halides is 2. The van der Waals surface area contributed by atoms with Gasteiger partial charge in [-0.05, 0) is 62.4 Å². The Morgan fingerprint density at radius 1 is 0.923 bits per heavy atom. The van der Waals surface area contributed by atoms with Crippen LogP contribution in [0.2, 0.25) is 15.1 Å². The molecule has 0 bridgehead atoms. The van der Waals surface area contributed by atoms with Crippen molar-refractivity contribution in [2.45, 2.75) is 25.3 Å². The van der Waals surface area contributed by atoms with Crippen molar-refractivity contribution in [2.24, 2.45) is 0 Å². The summed E-state index contributed by atoms with van der Waals surface area (Å²) in [7, 11) is -5.52. The predicted molar refractivity (Wildman–Crippen MR) is 231 cm³/mol. The van der Waals surface area contributed by atoms with Crippen LogP contribution in [-0.2, 0) is 24.8 Å². The molecule has 0 aliphatic rings. The van der Waals surface area contributed by atoms with Crippen molar-refractivity contribution < 1.29 is 59.7 Å². The molecule has 0 radical (unpaired) electrons. The maximum absolute atomic E-state index is 12.8. The van der Waals surface area contributed by atoms with E-state index < -0.39 is 67.3 Å². The second-order valence-electron chi connectivity index (χ2n) is 12.6. The average molecular weight is 1010 g/mol. The summed E-state index contributed by atoms with van der Waals surface area (Å²) in [6.45, 7) is -0.702. The third-order valence-corrected chi connectivity index (χ3v) is 10.8. The van der Waals surface area contributed by atoms with Gasteiger partial charge in [-0.2, -0.15) is 28.4 Å². The number of ether oxygens (including phenoxy) is 2. The number of hydrogen-bond acceptors (Lipinski definition) is 15. The number of aromatic nitrogens is 7. The molecule has 0 saturated heterocycles. The Morgan fingerprint density at radius 3 is 2.20 bits per heavy atom. The van der Waals surface area contributed by atoms with E-state index >= 15 is 0 Å². The van der Waals surface area contributed by atoms with Crippen molar-refractivity contribution in [3.63, 3.8) is 0 Å². The van der Waals surface area contributed by atoms with Crippen molar-refractivity contribution in [1.29, 1.82) is 0 Å². The van der Waals surface area contributed by atoms with E-state index in [-0.39, 0.29) is 49.6 Å². The number of amides is 2. The first-order valence-electron chi connectivity index (χ1n) is 17.6. The molecule has 6 aromatic rings. The van der Waals surface area contributed by atoms with Crippen LogP contribution in [0, 0.1) is 13.8 Å². The van der Waals surface area contributed by atoms with Gasteiger partial charge in [0.1, 0.15) is 27.8 Å². The van der Waals surface area contributed by atoms with Crippen LogP contribution in [0.25, 0.3) is 16.6 Å². The second-order valence-corrected chi connectivity index (χ2v) is 17.2. The van der Waals surface area contributed by atoms with Crippen LogP contribution in [-0.4, -0.2) is 106 Å². The van der Waals surface area contributed by atoms with Crippen LogP contribution in [0.5, 0.6) is 11.8 Å². The fourth-order valence-electron chi connectivity index (χ4n) is 5.10. The Bertz CT molecular complexity index is 3070. The smallest absolute Gasteiger partial charge is 0.355 e. The van der Waals surface area contributed by atoms with Gasteiger partial charge >= 0.3 is 36.2 Å². The zero-order valence-electron chi connectivity index (χ0n) is 33.9. The van der Waals surface area contributed by atoms with Crippen molar-refractivity contribution in [2.75, 3.05) is 36.6 Å². The lowest BCUT2D eigenvalue weighted by Crippen LogP contribution is -2.42. The number of methoxy groups -OCH3 is 1. The minimum atomic E-state index is -4.44. The molecule has 0 atom stereocenters. The fraction of sp³-hybridized carbons (Fsp3) is 0.194. The SMILES string of the molecule is COc1nc(C)nc(N(C)C(=O)NS(=O)(=O)c2ccccc2C(=O)O)n1.Cc1nn(-c2cc(NS(C)(=O)=O)c(Cl)cc2Cl)c(=O)n1C(F)F.O=C(O)COc1ccc(Cl)c2cccnc12. The summed E-state index contributed by atoms with van der Waals surface area (Å²) in [5, 5.41) is 22.6. The molecule has 0 unspecified atom stereocenters. The molecule has 2 amide bonds. The van der Waals surface area contributed by atoms with Gasteiger partial charge < -0.3 is 19.7 Å². The minimum absolute atomic E-state index is 0.0257. The third kappa shape index (κ3) is 13.2. The number of aromatic carboxylic acids is 1. The van der Waals surface area contributed by atoms with Gasteiger partial charge in [0.25, 0.3) is 10.0 Å². The topological polar surface area (TPSA) is 297 Å². The predicted octanol–water partition coefficient (Wildman–Crippen LogP) is 5.19. The normalized spacial score (nSPS) is 11.1. The molecule has 65 heavy (non-hydrogen) atoms. The molecular weight excluding hydrogens is 973 g/mol. The molecule has 3 aromatic heterocycles. The summed E-state index contributed by atoms with van der Waals surface area (Å²) in [6.07, 6.45) is 2.51. The molecule has 346 valence electrons. The van der Waals surface area contributed by atoms with Crippen LogP contribution in [0.3, 0.4) is 0 Å². The lowest BCUT2D eigenvalue weighted by atomic mass is 10.2. The van der Waals surface area contributed by atoms with Crippen LogP contribution < -0.4 is 29.5 Å². The highest BCUT2D eigenvalue weighted by molar-refractivity contribution is 7.92. The van der Waals surface area contributed by atoms with Gasteiger partial charge in [0.15, 0.2) is 6.61 Å². The number of nitrogens with one attached hydrogen (secondary N) is 2. The number of urea groups is 1. The molecule has 0 spiro atoms. The van der Waals surface area contributed by atoms with Crippen molar-refractivity contribution in [3.8, 4) is 17.4 Å². The van der Waals surface area contributed by atoms with Crippen LogP contribution in [0.15, 0.2) is 76.6 Å². The van der Waals surface area contributed by atoms with Crippen molar-refractivity contribution in [1.82, 2.24) is 39.0 Å². The van der Waals surface area contributed by atoms with E-state index in [1.165, 1.54) is 39.3 Å². The highest BCUT2D eigenvalue weighted by Gasteiger charge is 2.27. The molecule has 29 heteroatoms. The number of anilines is 2. The quantitative estimate of drug-likeness (QED) is 0.123. The Labute approximate surface area is 381 Å². The first-order chi connectivity index (χ1) is 30.3. The van der Waals surface area contributed by atoms with Gasteiger partial charge in [-0.25, -0.2) is 45.3 Å². The maximum atomic E-state index is 12.8. The number of benzene rings is 3. The van der Waals surface area contributed by atoms with E-state index in [0.29, 0.717) is 21.0 Å². The molecule has 0 saturated carbocycles. The summed E-state index contributed by atoms with van der Waals surface area (Å²) in [5.41, 5.74) is -1.17. The van der Waals surface area contributed by atoms with Crippen LogP contribution in [0.1, 0.15) is 28.6 Å². The van der Waals surface area contributed by atoms with Gasteiger partial charge in [0.05, 0.1) is 45.4 Å². The number of aliphatic carboxylic acids is 1. The van der Waals surface area contributed by atoms with Gasteiger partial charge in [-0.15, -0.1) is 5.10 Å². The number of carbonyl (C=O) groups is 3. The standard InChI is InChI=1S/C14H15N5O6S.C11H10Cl2F2N4O3S.C11H8ClNO3/c1-8-15-12(17-13(16-8)25-3)19(2)14(22)18-26(23,24)10-7-5-4-6-9(10)11(20)21;1-5-16-19(11(20)18(5)10(14)15)9-4-8(17-23(2,21)22)6(12)3-7(9)13;12-8-3-4-9(16-6-10(14)15)11-7(8)2-1-5-13-11/h4-7H,1-3H3,(H,18,22)(H,20,21);3-4,10,17H,1-2H3;1-5H,6H2,(H,14,15). The number of halogens is 5. The van der Waals surface area contributed by atoms with Crippen LogP contribution in [0.4, 0.5) is 25.2 Å². The van der Waals surface area contributed by atoms with E-state index in [4.69, 9.17) is 54.5 Å². The van der Waals surface area contributed by atoms with E-state index in [2.05, 4.69) is 29.8 Å². The van der Waals surface area contributed by atoms with Gasteiger partial charge in [0.2, 0.25) is 16.0 Å². The van der Waals surface area contributed by atoms with E-state index in [1.54, 1.807) is 42.1 Å². The number of carbonyl (C=O) groups excluding carboxylic acids is 1. The van der Waals surface area contributed by atoms with Gasteiger partial charge in [0, 0.05) is 18.6 Å². The molecule has 0 aliphatic heterocycles. The van der Waals surface area contributed by atoms with E-state index in [1.807, 2.05) is 0 Å². The number of aryl methyl sites for hydroxylation is 2. The summed E-state index contributed by atoms with van der Waals surface area (Å²) in [6, 6.07) is 12.9. The summed E-state index contributed by atoms with van der Waals surface area (Å²) >= 11 is 17.8. The zero-order valence-corrected chi connectivity index (χ0v) is 37.8. The lowest BCUT2D eigenvalue weighted by molar-refractivity contribution is -0.139. The lowest BCUT2D eigenvalue weighted by Gasteiger charge is -2.17. The largest absolute Gasteiger partial charge is 0.480 e. The van der Waals surface area contributed by atoms with Gasteiger partial charge in [-0.1, -0.05) is 46.9 Å². The first kappa shape index (κ1) is 50.9. The summed E-state index contributed by atoms with van der Waals surface area (Å²) in [4.78, 5) is 61.9. The number of fused-ring (bicyclic) bond motifs is 1. The number of pyridine rings is 1. The Morgan fingerprint density at radius 2 is 1.60 bits per heavy atom. The summed E-state index contributed by atoms with van der Waals surface area (Å²) < 4.78 is 87.8. The Hall–Kier alpha value is -6.74. The van der Waals surface area contributed by atoms with Crippen molar-refractivity contribution >= 4 is 95.4 Å². The first-order valence-corrected chi connectivity index (χ1v) is 22.1. The molecular formula is C36H33Cl3F2N10O12S2. The van der Waals surface area contributed by atoms with E-state index in [0.717, 1.165) is 34.7 Å². The zero-order chi connectivity index (χ0) is 48.6. The van der Waals surface area contributed by atoms with Crippen LogP contribution >= 0.6 is 34.8 Å². The van der Waals surface area contributed by atoms with E-state index in [9.17, 15) is 44.8 Å². The average Bonchev–Trinajstić information content (AvgIpc) is 3.53. The number of nitrogens with zero attached hydrogens (tertiary/aromatic N) is 8. The molecule has 3 heterocycles. The Kier molecular flexibility index (Phi) is 16.7. The highest BCUT2D eigenvalue weighted by Crippen LogP contribution is 2.32. The molecule has 6 rings (SSSR count). The maximum Gasteiger partial charge on any atom is 0.355 e. The molecule has 22 nitrogen and oxygen atoms in total. The minimum Gasteiger partial charge on any atom is -0.480 e. The molecule has 0 aliphatic carbocycles. The monoisotopic (exact) mass is 1000 g/mol. The number of sulfonamides is 2. The van der Waals surface area contributed by atoms with Crippen molar-refractivity contribution in [3.05, 3.63) is 110 Å². The molecule has 4 N–H and O–H groups in total. The Balaban J connectivity index is 0.000000219. The number of rotatable bonds is 12. The number of carboxylic acids is 2. The summed E-state index contributed by atoms with van der Waals surface area (Å²) in [5.74, 6) is -2.17. The van der Waals surface area contributed by atoms with Gasteiger partial charge in [-0.3, -0.25) is 14.6 Å². The fourth-order valence-corrected chi connectivity index (χ4v) is 7.63. The molecule has 0 fully saturated rings. The number of hydrogen-bond donors (Lipinski definition) is 4. The number of carboxylic acid groups (broad SMARTS) is 2. The second kappa shape index (κ2) is 21.3. The highest BCUT2D eigenvalue weighted by atomic mass is 35.5. The molecule has 3 aromatic carbocycles. The third-order valence-electron chi connectivity index (χ3n) is 7.90.